The normalized spacial score (nSPS) is 16.0. The first-order valence-corrected chi connectivity index (χ1v) is 9.76. The van der Waals surface area contributed by atoms with Crippen LogP contribution in [0.1, 0.15) is 12.5 Å². The lowest BCUT2D eigenvalue weighted by molar-refractivity contribution is -0.148. The molecule has 1 fully saturated rings. The Balaban J connectivity index is 2.32. The lowest BCUT2D eigenvalue weighted by Crippen LogP contribution is -2.42. The summed E-state index contributed by atoms with van der Waals surface area (Å²) in [7, 11) is 3.85. The minimum Gasteiger partial charge on any atom is -0.493 e. The third-order valence-electron chi connectivity index (χ3n) is 3.90. The van der Waals surface area contributed by atoms with Crippen molar-refractivity contribution in [3.05, 3.63) is 27.1 Å². The molecule has 1 aliphatic rings. The van der Waals surface area contributed by atoms with Gasteiger partial charge in [-0.15, -0.1) is 0 Å². The Kier molecular flexibility index (Phi) is 7.68. The van der Waals surface area contributed by atoms with Gasteiger partial charge in [0.05, 0.1) is 26.2 Å². The van der Waals surface area contributed by atoms with Crippen LogP contribution >= 0.6 is 27.7 Å². The average Bonchev–Trinajstić information content (AvgIpc) is 2.99. The molecule has 0 radical (unpaired) electrons. The Morgan fingerprint density at radius 3 is 2.45 bits per heavy atom. The van der Waals surface area contributed by atoms with Crippen LogP contribution in [0.25, 0.3) is 6.08 Å². The molecule has 1 aromatic carbocycles. The summed E-state index contributed by atoms with van der Waals surface area (Å²) in [5.74, 6) is -1.25. The number of hydrogen-bond donors (Lipinski definition) is 0. The van der Waals surface area contributed by atoms with Crippen LogP contribution in [0.5, 0.6) is 11.5 Å². The van der Waals surface area contributed by atoms with Crippen molar-refractivity contribution in [1.29, 1.82) is 0 Å². The summed E-state index contributed by atoms with van der Waals surface area (Å²) in [6.45, 7) is 1.11. The van der Waals surface area contributed by atoms with E-state index in [1.165, 1.54) is 34.3 Å². The van der Waals surface area contributed by atoms with Gasteiger partial charge in [-0.2, -0.15) is 0 Å². The van der Waals surface area contributed by atoms with Crippen molar-refractivity contribution in [3.63, 3.8) is 0 Å². The van der Waals surface area contributed by atoms with Crippen LogP contribution in [0.3, 0.4) is 0 Å². The number of methoxy groups -OCH3 is 3. The second-order valence-electron chi connectivity index (χ2n) is 5.64. The molecule has 0 saturated carbocycles. The molecule has 0 bridgehead atoms. The summed E-state index contributed by atoms with van der Waals surface area (Å²) in [6, 6.07) is 2.11. The Morgan fingerprint density at radius 1 is 1.17 bits per heavy atom. The van der Waals surface area contributed by atoms with Crippen molar-refractivity contribution in [2.75, 3.05) is 27.9 Å². The highest BCUT2D eigenvalue weighted by atomic mass is 79.9. The highest BCUT2D eigenvalue weighted by Gasteiger charge is 2.41. The van der Waals surface area contributed by atoms with E-state index in [-0.39, 0.29) is 17.3 Å². The predicted octanol–water partition coefficient (Wildman–Crippen LogP) is 2.61. The molecule has 0 spiro atoms. The summed E-state index contributed by atoms with van der Waals surface area (Å²) in [6.07, 6.45) is 1.49. The Bertz CT molecular complexity index is 885. The molecular formula is C18H18BrNO8S. The fourth-order valence-corrected chi connectivity index (χ4v) is 3.70. The Labute approximate surface area is 179 Å². The summed E-state index contributed by atoms with van der Waals surface area (Å²) in [5, 5.41) is -0.569. The molecule has 1 atom stereocenters. The highest BCUT2D eigenvalue weighted by Crippen LogP contribution is 2.38. The zero-order chi connectivity index (χ0) is 21.7. The maximum absolute atomic E-state index is 12.6. The molecule has 1 heterocycles. The van der Waals surface area contributed by atoms with E-state index in [0.29, 0.717) is 27.5 Å². The van der Waals surface area contributed by atoms with E-state index in [2.05, 4.69) is 25.4 Å². The monoisotopic (exact) mass is 487 g/mol. The molecule has 1 saturated heterocycles. The molecule has 2 amide bonds. The van der Waals surface area contributed by atoms with E-state index in [0.717, 1.165) is 4.90 Å². The smallest absolute Gasteiger partial charge is 0.343 e. The van der Waals surface area contributed by atoms with Gasteiger partial charge in [-0.05, 0) is 42.5 Å². The number of carbonyl (C=O) groups is 4. The van der Waals surface area contributed by atoms with Crippen molar-refractivity contribution < 1.29 is 38.1 Å². The van der Waals surface area contributed by atoms with Gasteiger partial charge < -0.3 is 18.9 Å². The molecule has 1 aliphatic heterocycles. The van der Waals surface area contributed by atoms with Crippen LogP contribution in [0.2, 0.25) is 0 Å². The van der Waals surface area contributed by atoms with Crippen LogP contribution in [-0.4, -0.2) is 62.0 Å². The van der Waals surface area contributed by atoms with Gasteiger partial charge in [0.15, 0.2) is 18.1 Å². The maximum Gasteiger partial charge on any atom is 0.343 e. The molecular weight excluding hydrogens is 470 g/mol. The average molecular weight is 488 g/mol. The van der Waals surface area contributed by atoms with Gasteiger partial charge >= 0.3 is 11.9 Å². The molecule has 0 N–H and O–H groups in total. The second kappa shape index (κ2) is 9.79. The van der Waals surface area contributed by atoms with E-state index >= 15 is 0 Å². The summed E-state index contributed by atoms with van der Waals surface area (Å²) < 4.78 is 20.3. The fraction of sp³-hybridized carbons (Fsp3) is 0.333. The summed E-state index contributed by atoms with van der Waals surface area (Å²) >= 11 is 4.08. The Morgan fingerprint density at radius 2 is 1.86 bits per heavy atom. The lowest BCUT2D eigenvalue weighted by Gasteiger charge is -2.18. The number of benzene rings is 1. The second-order valence-corrected chi connectivity index (χ2v) is 7.49. The zero-order valence-corrected chi connectivity index (χ0v) is 18.4. The number of esters is 2. The summed E-state index contributed by atoms with van der Waals surface area (Å²) in [5.41, 5.74) is 0.531. The van der Waals surface area contributed by atoms with Crippen molar-refractivity contribution in [1.82, 2.24) is 4.90 Å². The number of carbonyl (C=O) groups excluding carboxylic acids is 4. The molecule has 9 nitrogen and oxygen atoms in total. The van der Waals surface area contributed by atoms with E-state index < -0.39 is 29.1 Å². The van der Waals surface area contributed by atoms with Crippen molar-refractivity contribution in [2.45, 2.75) is 13.0 Å². The first-order chi connectivity index (χ1) is 13.7. The largest absolute Gasteiger partial charge is 0.493 e. The maximum atomic E-state index is 12.6. The van der Waals surface area contributed by atoms with Gasteiger partial charge in [-0.3, -0.25) is 14.5 Å². The van der Waals surface area contributed by atoms with Gasteiger partial charge in [0, 0.05) is 4.47 Å². The quantitative estimate of drug-likeness (QED) is 0.423. The van der Waals surface area contributed by atoms with Crippen LogP contribution in [-0.2, 0) is 23.9 Å². The van der Waals surface area contributed by atoms with E-state index in [1.54, 1.807) is 12.1 Å². The van der Waals surface area contributed by atoms with Gasteiger partial charge in [-0.1, -0.05) is 15.9 Å². The van der Waals surface area contributed by atoms with Crippen LogP contribution < -0.4 is 9.47 Å². The van der Waals surface area contributed by atoms with Gasteiger partial charge in [0.2, 0.25) is 0 Å². The first kappa shape index (κ1) is 22.8. The standard InChI is InChI=1S/C18H18BrNO8S/c1-9(17(23)27-4)20-16(22)14(29-18(20)24)6-10-5-12(25-2)13(7-11(10)19)28-8-15(21)26-3/h5-7,9H,8H2,1-4H3/b14-6-/t9-/m0/s1. The third kappa shape index (κ3) is 5.10. The van der Waals surface area contributed by atoms with Crippen LogP contribution in [0.4, 0.5) is 4.79 Å². The van der Waals surface area contributed by atoms with Gasteiger partial charge in [-0.25, -0.2) is 9.59 Å². The minimum absolute atomic E-state index is 0.136. The number of nitrogens with zero attached hydrogens (tertiary/aromatic N) is 1. The highest BCUT2D eigenvalue weighted by molar-refractivity contribution is 9.10. The molecule has 11 heteroatoms. The van der Waals surface area contributed by atoms with E-state index in [9.17, 15) is 19.2 Å². The van der Waals surface area contributed by atoms with E-state index in [1.807, 2.05) is 0 Å². The lowest BCUT2D eigenvalue weighted by atomic mass is 10.1. The number of amides is 2. The number of imide groups is 1. The zero-order valence-electron chi connectivity index (χ0n) is 16.0. The van der Waals surface area contributed by atoms with Crippen LogP contribution in [0.15, 0.2) is 21.5 Å². The van der Waals surface area contributed by atoms with Crippen molar-refractivity contribution in [2.24, 2.45) is 0 Å². The molecule has 0 unspecified atom stereocenters. The minimum atomic E-state index is -1.04. The third-order valence-corrected chi connectivity index (χ3v) is 5.47. The SMILES string of the molecule is COC(=O)COc1cc(Br)c(/C=C2\SC(=O)N([C@@H](C)C(=O)OC)C2=O)cc1OC. The number of ether oxygens (including phenoxy) is 4. The molecule has 156 valence electrons. The topological polar surface area (TPSA) is 108 Å². The molecule has 29 heavy (non-hydrogen) atoms. The van der Waals surface area contributed by atoms with E-state index in [4.69, 9.17) is 9.47 Å². The molecule has 0 aliphatic carbocycles. The van der Waals surface area contributed by atoms with Gasteiger partial charge in [0.25, 0.3) is 11.1 Å². The fourth-order valence-electron chi connectivity index (χ4n) is 2.36. The first-order valence-electron chi connectivity index (χ1n) is 8.15. The molecule has 1 aromatic rings. The Hall–Kier alpha value is -2.53. The number of hydrogen-bond acceptors (Lipinski definition) is 9. The number of halogens is 1. The van der Waals surface area contributed by atoms with Gasteiger partial charge in [0.1, 0.15) is 6.04 Å². The van der Waals surface area contributed by atoms with Crippen molar-refractivity contribution in [3.8, 4) is 11.5 Å². The molecule has 0 aromatic heterocycles. The summed E-state index contributed by atoms with van der Waals surface area (Å²) in [4.78, 5) is 48.8. The van der Waals surface area contributed by atoms with Crippen LogP contribution in [0, 0.1) is 0 Å². The van der Waals surface area contributed by atoms with Crippen molar-refractivity contribution >= 4 is 56.9 Å². The predicted molar refractivity (Wildman–Crippen MR) is 107 cm³/mol. The number of rotatable bonds is 7. The number of thioether (sulfide) groups is 1. The molecule has 2 rings (SSSR count).